The van der Waals surface area contributed by atoms with Gasteiger partial charge >= 0.3 is 6.03 Å². The highest BCUT2D eigenvalue weighted by atomic mass is 79.9. The lowest BCUT2D eigenvalue weighted by Crippen LogP contribution is -2.24. The molecule has 6 nitrogen and oxygen atoms in total. The van der Waals surface area contributed by atoms with Crippen LogP contribution < -0.4 is 20.9 Å². The summed E-state index contributed by atoms with van der Waals surface area (Å²) >= 11 is 3.20. The fourth-order valence-electron chi connectivity index (χ4n) is 3.61. The molecule has 0 bridgehead atoms. The second-order valence-electron chi connectivity index (χ2n) is 7.45. The van der Waals surface area contributed by atoms with Crippen molar-refractivity contribution in [2.24, 2.45) is 0 Å². The molecule has 1 aliphatic rings. The number of hydrogen-bond acceptors (Lipinski definition) is 3. The number of carbonyl (C=O) groups is 2. The van der Waals surface area contributed by atoms with E-state index >= 15 is 0 Å². The van der Waals surface area contributed by atoms with Crippen LogP contribution in [0.15, 0.2) is 71.2 Å². The maximum absolute atomic E-state index is 14.1. The molecule has 0 aromatic heterocycles. The van der Waals surface area contributed by atoms with Crippen LogP contribution in [0.2, 0.25) is 0 Å². The molecule has 4 rings (SSSR count). The third kappa shape index (κ3) is 5.26. The van der Waals surface area contributed by atoms with E-state index in [0.29, 0.717) is 21.4 Å². The minimum absolute atomic E-state index is 0.0713. The second kappa shape index (κ2) is 9.82. The Hall–Kier alpha value is -3.39. The van der Waals surface area contributed by atoms with E-state index in [-0.39, 0.29) is 11.6 Å². The van der Waals surface area contributed by atoms with Crippen LogP contribution in [0.3, 0.4) is 0 Å². The molecule has 1 heterocycles. The van der Waals surface area contributed by atoms with Gasteiger partial charge in [0.1, 0.15) is 5.82 Å². The van der Waals surface area contributed by atoms with E-state index in [2.05, 4.69) is 36.8 Å². The summed E-state index contributed by atoms with van der Waals surface area (Å²) in [5.41, 5.74) is 2.54. The number of anilines is 4. The van der Waals surface area contributed by atoms with Gasteiger partial charge in [-0.15, -0.1) is 0 Å². The standard InChI is InChI=1S/C24H22BrFN4O2/c25-17-8-10-20(19(26)14-17)28-24(32)29-21-15-18(9-11-22(21)30-12-4-5-13-30)27-23(31)16-6-2-1-3-7-16/h1-3,6-11,14-15H,4-5,12-13H2,(H,27,31)(H2,28,29,32). The number of nitrogens with one attached hydrogen (secondary N) is 3. The minimum atomic E-state index is -0.571. The van der Waals surface area contributed by atoms with Crippen molar-refractivity contribution in [2.75, 3.05) is 33.9 Å². The first-order valence-electron chi connectivity index (χ1n) is 10.3. The van der Waals surface area contributed by atoms with Gasteiger partial charge in [-0.3, -0.25) is 4.79 Å². The molecule has 0 spiro atoms. The van der Waals surface area contributed by atoms with Crippen molar-refractivity contribution in [1.29, 1.82) is 0 Å². The topological polar surface area (TPSA) is 73.5 Å². The van der Waals surface area contributed by atoms with Gasteiger partial charge in [0.05, 0.1) is 17.1 Å². The summed E-state index contributed by atoms with van der Waals surface area (Å²) in [6.07, 6.45) is 2.14. The van der Waals surface area contributed by atoms with Crippen LogP contribution >= 0.6 is 15.9 Å². The average Bonchev–Trinajstić information content (AvgIpc) is 3.31. The lowest BCUT2D eigenvalue weighted by Gasteiger charge is -2.22. The van der Waals surface area contributed by atoms with E-state index in [9.17, 15) is 14.0 Å². The summed E-state index contributed by atoms with van der Waals surface area (Å²) < 4.78 is 14.7. The number of carbonyl (C=O) groups excluding carboxylic acids is 2. The first-order chi connectivity index (χ1) is 15.5. The van der Waals surface area contributed by atoms with E-state index in [1.807, 2.05) is 18.2 Å². The molecule has 3 N–H and O–H groups in total. The summed E-state index contributed by atoms with van der Waals surface area (Å²) in [6, 6.07) is 18.1. The zero-order valence-corrected chi connectivity index (χ0v) is 18.8. The molecule has 8 heteroatoms. The molecule has 0 unspecified atom stereocenters. The molecular weight excluding hydrogens is 475 g/mol. The Morgan fingerprint density at radius 1 is 0.844 bits per heavy atom. The molecule has 0 atom stereocenters. The van der Waals surface area contributed by atoms with Crippen LogP contribution in [-0.2, 0) is 0 Å². The predicted molar refractivity (Wildman–Crippen MR) is 129 cm³/mol. The molecule has 0 aliphatic carbocycles. The summed E-state index contributed by atoms with van der Waals surface area (Å²) in [5.74, 6) is -0.787. The largest absolute Gasteiger partial charge is 0.370 e. The van der Waals surface area contributed by atoms with Crippen molar-refractivity contribution in [1.82, 2.24) is 0 Å². The van der Waals surface area contributed by atoms with Gasteiger partial charge in [-0.05, 0) is 61.4 Å². The quantitative estimate of drug-likeness (QED) is 0.400. The van der Waals surface area contributed by atoms with Gasteiger partial charge < -0.3 is 20.9 Å². The minimum Gasteiger partial charge on any atom is -0.370 e. The van der Waals surface area contributed by atoms with Crippen LogP contribution in [0.25, 0.3) is 0 Å². The predicted octanol–water partition coefficient (Wildman–Crippen LogP) is 6.08. The number of amides is 3. The van der Waals surface area contributed by atoms with E-state index in [1.54, 1.807) is 36.4 Å². The van der Waals surface area contributed by atoms with Gasteiger partial charge in [-0.1, -0.05) is 34.1 Å². The Morgan fingerprint density at radius 3 is 2.28 bits per heavy atom. The molecule has 1 saturated heterocycles. The van der Waals surface area contributed by atoms with E-state index in [1.165, 1.54) is 12.1 Å². The van der Waals surface area contributed by atoms with Crippen molar-refractivity contribution in [3.8, 4) is 0 Å². The third-order valence-electron chi connectivity index (χ3n) is 5.16. The molecule has 3 aromatic rings. The van der Waals surface area contributed by atoms with Crippen molar-refractivity contribution in [3.63, 3.8) is 0 Å². The van der Waals surface area contributed by atoms with Crippen molar-refractivity contribution >= 4 is 50.6 Å². The first-order valence-corrected chi connectivity index (χ1v) is 11.1. The molecular formula is C24H22BrFN4O2. The Labute approximate surface area is 193 Å². The van der Waals surface area contributed by atoms with Gasteiger partial charge in [-0.25, -0.2) is 9.18 Å². The highest BCUT2D eigenvalue weighted by Crippen LogP contribution is 2.32. The van der Waals surface area contributed by atoms with Crippen LogP contribution in [0.1, 0.15) is 23.2 Å². The van der Waals surface area contributed by atoms with Crippen LogP contribution in [0, 0.1) is 5.82 Å². The summed E-state index contributed by atoms with van der Waals surface area (Å²) in [5, 5.41) is 8.21. The number of hydrogen-bond donors (Lipinski definition) is 3. The van der Waals surface area contributed by atoms with E-state index in [0.717, 1.165) is 31.6 Å². The fourth-order valence-corrected chi connectivity index (χ4v) is 3.94. The van der Waals surface area contributed by atoms with E-state index < -0.39 is 11.8 Å². The lowest BCUT2D eigenvalue weighted by atomic mass is 10.2. The number of benzene rings is 3. The van der Waals surface area contributed by atoms with Gasteiger partial charge in [0, 0.05) is 28.8 Å². The zero-order valence-electron chi connectivity index (χ0n) is 17.2. The third-order valence-corrected chi connectivity index (χ3v) is 5.66. The van der Waals surface area contributed by atoms with Gasteiger partial charge in [0.15, 0.2) is 0 Å². The van der Waals surface area contributed by atoms with Gasteiger partial charge in [0.2, 0.25) is 0 Å². The van der Waals surface area contributed by atoms with Gasteiger partial charge in [-0.2, -0.15) is 0 Å². The molecule has 164 valence electrons. The highest BCUT2D eigenvalue weighted by molar-refractivity contribution is 9.10. The van der Waals surface area contributed by atoms with Crippen molar-refractivity contribution in [2.45, 2.75) is 12.8 Å². The lowest BCUT2D eigenvalue weighted by molar-refractivity contribution is 0.102. The fraction of sp³-hybridized carbons (Fsp3) is 0.167. The van der Waals surface area contributed by atoms with Crippen LogP contribution in [0.4, 0.5) is 31.9 Å². The smallest absolute Gasteiger partial charge is 0.323 e. The Morgan fingerprint density at radius 2 is 1.56 bits per heavy atom. The molecule has 0 radical (unpaired) electrons. The van der Waals surface area contributed by atoms with Gasteiger partial charge in [0.25, 0.3) is 5.91 Å². The number of rotatable bonds is 5. The molecule has 32 heavy (non-hydrogen) atoms. The average molecular weight is 497 g/mol. The molecule has 3 aromatic carbocycles. The molecule has 1 fully saturated rings. The summed E-state index contributed by atoms with van der Waals surface area (Å²) in [4.78, 5) is 27.3. The summed E-state index contributed by atoms with van der Waals surface area (Å²) in [7, 11) is 0. The van der Waals surface area contributed by atoms with E-state index in [4.69, 9.17) is 0 Å². The van der Waals surface area contributed by atoms with Crippen LogP contribution in [0.5, 0.6) is 0 Å². The maximum Gasteiger partial charge on any atom is 0.323 e. The highest BCUT2D eigenvalue weighted by Gasteiger charge is 2.19. The number of nitrogens with zero attached hydrogens (tertiary/aromatic N) is 1. The molecule has 0 saturated carbocycles. The number of urea groups is 1. The molecule has 1 aliphatic heterocycles. The van der Waals surface area contributed by atoms with Crippen molar-refractivity contribution < 1.29 is 14.0 Å². The normalized spacial score (nSPS) is 13.0. The van der Waals surface area contributed by atoms with Crippen LogP contribution in [-0.4, -0.2) is 25.0 Å². The molecule has 3 amide bonds. The Bertz CT molecular complexity index is 1130. The Kier molecular flexibility index (Phi) is 6.70. The monoisotopic (exact) mass is 496 g/mol. The van der Waals surface area contributed by atoms with Crippen molar-refractivity contribution in [3.05, 3.63) is 82.6 Å². The first kappa shape index (κ1) is 21.8. The second-order valence-corrected chi connectivity index (χ2v) is 8.37. The summed E-state index contributed by atoms with van der Waals surface area (Å²) in [6.45, 7) is 1.76. The SMILES string of the molecule is O=C(Nc1ccc(Br)cc1F)Nc1cc(NC(=O)c2ccccc2)ccc1N1CCCC1. The number of halogens is 2. The zero-order chi connectivity index (χ0) is 22.5. The Balaban J connectivity index is 1.55. The maximum atomic E-state index is 14.1.